The van der Waals surface area contributed by atoms with Crippen molar-refractivity contribution in [3.05, 3.63) is 56.7 Å². The van der Waals surface area contributed by atoms with Gasteiger partial charge < -0.3 is 9.73 Å². The zero-order valence-corrected chi connectivity index (χ0v) is 12.7. The number of hydrogen-bond donors (Lipinski definition) is 2. The minimum Gasteiger partial charge on any atom is -0.408 e. The molecule has 0 bridgehead atoms. The predicted octanol–water partition coefficient (Wildman–Crippen LogP) is 2.47. The molecule has 0 aliphatic carbocycles. The first-order valence-corrected chi connectivity index (χ1v) is 7.99. The van der Waals surface area contributed by atoms with Crippen molar-refractivity contribution in [1.82, 2.24) is 10.3 Å². The maximum absolute atomic E-state index is 11.8. The van der Waals surface area contributed by atoms with Gasteiger partial charge in [-0.25, -0.2) is 4.79 Å². The Hall–Kier alpha value is -2.34. The van der Waals surface area contributed by atoms with Gasteiger partial charge in [-0.15, -0.1) is 11.3 Å². The molecule has 2 N–H and O–H groups in total. The van der Waals surface area contributed by atoms with Crippen LogP contribution in [0.1, 0.15) is 16.9 Å². The summed E-state index contributed by atoms with van der Waals surface area (Å²) in [4.78, 5) is 26.7. The molecule has 0 spiro atoms. The van der Waals surface area contributed by atoms with Crippen molar-refractivity contribution in [2.45, 2.75) is 19.3 Å². The van der Waals surface area contributed by atoms with E-state index in [-0.39, 0.29) is 5.91 Å². The van der Waals surface area contributed by atoms with Gasteiger partial charge in [0.15, 0.2) is 5.58 Å². The Labute approximate surface area is 131 Å². The number of carbonyl (C=O) groups is 1. The molecular formula is C16H16N2O3S. The number of benzene rings is 1. The zero-order chi connectivity index (χ0) is 15.4. The van der Waals surface area contributed by atoms with E-state index in [1.807, 2.05) is 29.6 Å². The van der Waals surface area contributed by atoms with Crippen molar-refractivity contribution < 1.29 is 9.21 Å². The summed E-state index contributed by atoms with van der Waals surface area (Å²) in [5, 5.41) is 4.93. The molecule has 1 aromatic carbocycles. The molecule has 5 nitrogen and oxygen atoms in total. The van der Waals surface area contributed by atoms with Crippen molar-refractivity contribution >= 4 is 28.3 Å². The van der Waals surface area contributed by atoms with Gasteiger partial charge >= 0.3 is 5.76 Å². The SMILES string of the molecule is O=C(CCc1cccs1)NCCc1ccc2oc(=O)[nH]c2c1. The third-order valence-corrected chi connectivity index (χ3v) is 4.33. The van der Waals surface area contributed by atoms with Gasteiger partial charge in [0.25, 0.3) is 0 Å². The topological polar surface area (TPSA) is 75.1 Å². The van der Waals surface area contributed by atoms with E-state index in [0.29, 0.717) is 30.5 Å². The molecule has 3 aromatic rings. The van der Waals surface area contributed by atoms with Crippen molar-refractivity contribution in [2.24, 2.45) is 0 Å². The first-order valence-electron chi connectivity index (χ1n) is 7.11. The maximum Gasteiger partial charge on any atom is 0.417 e. The molecule has 0 aliphatic heterocycles. The molecule has 0 saturated heterocycles. The van der Waals surface area contributed by atoms with Gasteiger partial charge in [-0.05, 0) is 42.0 Å². The summed E-state index contributed by atoms with van der Waals surface area (Å²) in [7, 11) is 0. The summed E-state index contributed by atoms with van der Waals surface area (Å²) in [5.41, 5.74) is 2.28. The van der Waals surface area contributed by atoms with Crippen LogP contribution in [0.15, 0.2) is 44.9 Å². The standard InChI is InChI=1S/C16H16N2O3S/c19-15(6-4-12-2-1-9-22-12)17-8-7-11-3-5-14-13(10-11)18-16(20)21-14/h1-3,5,9-10H,4,6-8H2,(H,17,19)(H,18,20). The van der Waals surface area contributed by atoms with E-state index in [4.69, 9.17) is 4.42 Å². The largest absolute Gasteiger partial charge is 0.417 e. The highest BCUT2D eigenvalue weighted by atomic mass is 32.1. The Kier molecular flexibility index (Phi) is 4.39. The van der Waals surface area contributed by atoms with Crippen LogP contribution in [0.3, 0.4) is 0 Å². The summed E-state index contributed by atoms with van der Waals surface area (Å²) in [6.07, 6.45) is 2.01. The highest BCUT2D eigenvalue weighted by molar-refractivity contribution is 7.09. The lowest BCUT2D eigenvalue weighted by atomic mass is 10.1. The van der Waals surface area contributed by atoms with Gasteiger partial charge in [-0.2, -0.15) is 0 Å². The van der Waals surface area contributed by atoms with E-state index in [0.717, 1.165) is 12.0 Å². The number of oxazole rings is 1. The molecule has 2 heterocycles. The van der Waals surface area contributed by atoms with Crippen LogP contribution in [0.25, 0.3) is 11.1 Å². The van der Waals surface area contributed by atoms with Gasteiger partial charge in [0, 0.05) is 17.8 Å². The fraction of sp³-hybridized carbons (Fsp3) is 0.250. The summed E-state index contributed by atoms with van der Waals surface area (Å²) < 4.78 is 4.95. The number of amides is 1. The van der Waals surface area contributed by atoms with Crippen LogP contribution in [-0.2, 0) is 17.6 Å². The first-order chi connectivity index (χ1) is 10.7. The number of H-pyrrole nitrogens is 1. The zero-order valence-electron chi connectivity index (χ0n) is 11.9. The van der Waals surface area contributed by atoms with Gasteiger partial charge in [0.05, 0.1) is 5.52 Å². The number of nitrogens with one attached hydrogen (secondary N) is 2. The quantitative estimate of drug-likeness (QED) is 0.733. The number of hydrogen-bond acceptors (Lipinski definition) is 4. The van der Waals surface area contributed by atoms with Gasteiger partial charge in [-0.1, -0.05) is 12.1 Å². The summed E-state index contributed by atoms with van der Waals surface area (Å²) in [6.45, 7) is 0.580. The molecule has 0 saturated carbocycles. The summed E-state index contributed by atoms with van der Waals surface area (Å²) in [6, 6.07) is 9.57. The maximum atomic E-state index is 11.8. The third-order valence-electron chi connectivity index (χ3n) is 3.40. The molecule has 3 rings (SSSR count). The monoisotopic (exact) mass is 316 g/mol. The molecule has 2 aromatic heterocycles. The molecule has 0 aliphatic rings. The lowest BCUT2D eigenvalue weighted by Gasteiger charge is -2.05. The average Bonchev–Trinajstić information content (AvgIpc) is 3.12. The van der Waals surface area contributed by atoms with Crippen molar-refractivity contribution in [3.8, 4) is 0 Å². The second-order valence-corrected chi connectivity index (χ2v) is 6.06. The van der Waals surface area contributed by atoms with Gasteiger partial charge in [-0.3, -0.25) is 9.78 Å². The Morgan fingerprint density at radius 2 is 2.18 bits per heavy atom. The lowest BCUT2D eigenvalue weighted by molar-refractivity contribution is -0.121. The Morgan fingerprint density at radius 3 is 3.00 bits per heavy atom. The number of aromatic amines is 1. The second-order valence-electron chi connectivity index (χ2n) is 5.02. The summed E-state index contributed by atoms with van der Waals surface area (Å²) in [5.74, 6) is -0.389. The Bertz CT molecular complexity index is 817. The first kappa shape index (κ1) is 14.6. The van der Waals surface area contributed by atoms with Gasteiger partial charge in [0.1, 0.15) is 0 Å². The smallest absolute Gasteiger partial charge is 0.408 e. The minimum absolute atomic E-state index is 0.0613. The Balaban J connectivity index is 1.47. The summed E-state index contributed by atoms with van der Waals surface area (Å²) >= 11 is 1.67. The average molecular weight is 316 g/mol. The van der Waals surface area contributed by atoms with Crippen molar-refractivity contribution in [3.63, 3.8) is 0 Å². The molecule has 0 radical (unpaired) electrons. The van der Waals surface area contributed by atoms with E-state index < -0.39 is 5.76 Å². The Morgan fingerprint density at radius 1 is 1.27 bits per heavy atom. The van der Waals surface area contributed by atoms with Gasteiger partial charge in [0.2, 0.25) is 5.91 Å². The fourth-order valence-corrected chi connectivity index (χ4v) is 2.99. The number of rotatable bonds is 6. The van der Waals surface area contributed by atoms with Crippen molar-refractivity contribution in [2.75, 3.05) is 6.54 Å². The molecule has 6 heteroatoms. The van der Waals surface area contributed by atoms with Crippen LogP contribution in [0, 0.1) is 0 Å². The number of aromatic nitrogens is 1. The van der Waals surface area contributed by atoms with E-state index >= 15 is 0 Å². The number of fused-ring (bicyclic) bond motifs is 1. The molecule has 114 valence electrons. The second kappa shape index (κ2) is 6.62. The van der Waals surface area contributed by atoms with Crippen LogP contribution in [0.5, 0.6) is 0 Å². The number of thiophene rings is 1. The van der Waals surface area contributed by atoms with Crippen LogP contribution in [0.4, 0.5) is 0 Å². The number of carbonyl (C=O) groups excluding carboxylic acids is 1. The molecular weight excluding hydrogens is 300 g/mol. The van der Waals surface area contributed by atoms with E-state index in [1.165, 1.54) is 4.88 Å². The molecule has 22 heavy (non-hydrogen) atoms. The number of aryl methyl sites for hydroxylation is 1. The third kappa shape index (κ3) is 3.65. The highest BCUT2D eigenvalue weighted by Gasteiger charge is 2.04. The normalized spacial score (nSPS) is 10.9. The highest BCUT2D eigenvalue weighted by Crippen LogP contribution is 2.13. The molecule has 1 amide bonds. The van der Waals surface area contributed by atoms with E-state index in [2.05, 4.69) is 10.3 Å². The predicted molar refractivity (Wildman–Crippen MR) is 86.2 cm³/mol. The van der Waals surface area contributed by atoms with Crippen LogP contribution in [-0.4, -0.2) is 17.4 Å². The lowest BCUT2D eigenvalue weighted by Crippen LogP contribution is -2.25. The van der Waals surface area contributed by atoms with Crippen LogP contribution >= 0.6 is 11.3 Å². The van der Waals surface area contributed by atoms with Crippen LogP contribution < -0.4 is 11.1 Å². The van der Waals surface area contributed by atoms with E-state index in [1.54, 1.807) is 17.4 Å². The molecule has 0 unspecified atom stereocenters. The fourth-order valence-electron chi connectivity index (χ4n) is 2.28. The molecule has 0 atom stereocenters. The van der Waals surface area contributed by atoms with Crippen LogP contribution in [0.2, 0.25) is 0 Å². The van der Waals surface area contributed by atoms with E-state index in [9.17, 15) is 9.59 Å². The minimum atomic E-state index is -0.450. The van der Waals surface area contributed by atoms with Crippen molar-refractivity contribution in [1.29, 1.82) is 0 Å². The molecule has 0 fully saturated rings.